The number of azo groups is 1. The highest BCUT2D eigenvalue weighted by atomic mass is 16.5. The van der Waals surface area contributed by atoms with Crippen molar-refractivity contribution in [1.29, 1.82) is 0 Å². The summed E-state index contributed by atoms with van der Waals surface area (Å²) in [6.07, 6.45) is 0. The Kier molecular flexibility index (Phi) is 5.15. The van der Waals surface area contributed by atoms with E-state index in [1.807, 2.05) is 0 Å². The molecule has 9 heteroatoms. The smallest absolute Gasteiger partial charge is 0.260 e. The predicted molar refractivity (Wildman–Crippen MR) is 114 cm³/mol. The third kappa shape index (κ3) is 3.97. The van der Waals surface area contributed by atoms with Crippen LogP contribution in [0.2, 0.25) is 0 Å². The number of aromatic hydroxyl groups is 1. The minimum atomic E-state index is -0.685. The summed E-state index contributed by atoms with van der Waals surface area (Å²) >= 11 is 0. The van der Waals surface area contributed by atoms with Crippen molar-refractivity contribution >= 4 is 39.8 Å². The fourth-order valence-electron chi connectivity index (χ4n) is 3.13. The molecule has 0 aliphatic rings. The van der Waals surface area contributed by atoms with Crippen LogP contribution in [-0.4, -0.2) is 22.1 Å². The average Bonchev–Trinajstić information content (AvgIpc) is 3.17. The van der Waals surface area contributed by atoms with E-state index in [9.17, 15) is 14.7 Å². The Morgan fingerprint density at radius 3 is 2.55 bits per heavy atom. The summed E-state index contributed by atoms with van der Waals surface area (Å²) in [4.78, 5) is 24.8. The van der Waals surface area contributed by atoms with Gasteiger partial charge in [-0.05, 0) is 35.9 Å². The minimum Gasteiger partial charge on any atom is -0.505 e. The van der Waals surface area contributed by atoms with Gasteiger partial charge in [0.2, 0.25) is 5.82 Å². The summed E-state index contributed by atoms with van der Waals surface area (Å²) in [6, 6.07) is 16.5. The number of hydrogen-bond donors (Lipinski definition) is 3. The zero-order chi connectivity index (χ0) is 22.0. The molecule has 154 valence electrons. The second kappa shape index (κ2) is 8.07. The predicted octanol–water partition coefficient (Wildman–Crippen LogP) is 4.61. The fourth-order valence-corrected chi connectivity index (χ4v) is 3.13. The summed E-state index contributed by atoms with van der Waals surface area (Å²) in [6.45, 7) is 1.71. The Morgan fingerprint density at radius 2 is 1.81 bits per heavy atom. The molecule has 31 heavy (non-hydrogen) atoms. The number of primary amides is 1. The van der Waals surface area contributed by atoms with Crippen molar-refractivity contribution in [3.05, 3.63) is 77.6 Å². The molecule has 0 unspecified atom stereocenters. The molecule has 0 aliphatic heterocycles. The lowest BCUT2D eigenvalue weighted by atomic mass is 10.0. The molecule has 0 bridgehead atoms. The van der Waals surface area contributed by atoms with Crippen LogP contribution in [0.25, 0.3) is 10.8 Å². The van der Waals surface area contributed by atoms with Gasteiger partial charge in [-0.3, -0.25) is 9.59 Å². The minimum absolute atomic E-state index is 0.0114. The molecule has 4 N–H and O–H groups in total. The maximum absolute atomic E-state index is 13.1. The Bertz CT molecular complexity index is 1340. The Hall–Kier alpha value is -4.53. The number of aromatic nitrogens is 1. The zero-order valence-corrected chi connectivity index (χ0v) is 16.4. The maximum Gasteiger partial charge on any atom is 0.260 e. The number of carbonyl (C=O) groups excluding carboxylic acids is 2. The van der Waals surface area contributed by atoms with Gasteiger partial charge in [-0.2, -0.15) is 0 Å². The molecule has 0 fully saturated rings. The van der Waals surface area contributed by atoms with Crippen LogP contribution in [0.5, 0.6) is 5.75 Å². The van der Waals surface area contributed by atoms with E-state index in [0.717, 1.165) is 0 Å². The van der Waals surface area contributed by atoms with E-state index in [1.54, 1.807) is 61.5 Å². The molecule has 0 radical (unpaired) electrons. The van der Waals surface area contributed by atoms with Crippen molar-refractivity contribution < 1.29 is 19.2 Å². The van der Waals surface area contributed by atoms with Crippen LogP contribution in [0.15, 0.2) is 75.4 Å². The number of phenolic OH excluding ortho intramolecular Hbond substituents is 1. The van der Waals surface area contributed by atoms with E-state index in [4.69, 9.17) is 10.3 Å². The Labute approximate surface area is 176 Å². The van der Waals surface area contributed by atoms with Crippen LogP contribution in [0.3, 0.4) is 0 Å². The molecule has 3 aromatic carbocycles. The molecule has 1 heterocycles. The summed E-state index contributed by atoms with van der Waals surface area (Å²) in [5.41, 5.74) is 5.83. The van der Waals surface area contributed by atoms with Crippen molar-refractivity contribution in [1.82, 2.24) is 5.16 Å². The molecular weight excluding hydrogens is 398 g/mol. The molecule has 0 aliphatic carbocycles. The number of anilines is 1. The van der Waals surface area contributed by atoms with E-state index < -0.39 is 11.8 Å². The van der Waals surface area contributed by atoms with Crippen molar-refractivity contribution in [2.75, 3.05) is 5.32 Å². The summed E-state index contributed by atoms with van der Waals surface area (Å²) < 4.78 is 4.94. The zero-order valence-electron chi connectivity index (χ0n) is 16.4. The van der Waals surface area contributed by atoms with Crippen LogP contribution >= 0.6 is 0 Å². The standard InChI is InChI=1S/C22H17N5O4/c1-12-10-18(27-31-12)26-25-17-11-13-6-2-3-7-14(13)19(20(17)28)22(30)24-16-9-5-4-8-15(16)21(23)29/h2-11,28H,1H3,(H2,23,29)(H,24,30)/b26-25+. The van der Waals surface area contributed by atoms with Crippen LogP contribution in [-0.2, 0) is 0 Å². The number of carbonyl (C=O) groups is 2. The van der Waals surface area contributed by atoms with Crippen LogP contribution in [0, 0.1) is 6.92 Å². The van der Waals surface area contributed by atoms with E-state index in [-0.39, 0.29) is 34.1 Å². The maximum atomic E-state index is 13.1. The highest BCUT2D eigenvalue weighted by molar-refractivity contribution is 6.17. The molecule has 0 saturated heterocycles. The lowest BCUT2D eigenvalue weighted by Gasteiger charge is -2.13. The summed E-state index contributed by atoms with van der Waals surface area (Å²) in [5, 5.41) is 26.4. The second-order valence-corrected chi connectivity index (χ2v) is 6.70. The van der Waals surface area contributed by atoms with Gasteiger partial charge in [0.25, 0.3) is 11.8 Å². The molecule has 0 saturated carbocycles. The first-order valence-corrected chi connectivity index (χ1v) is 9.24. The van der Waals surface area contributed by atoms with E-state index >= 15 is 0 Å². The first-order chi connectivity index (χ1) is 14.9. The number of nitrogens with zero attached hydrogens (tertiary/aromatic N) is 3. The molecule has 0 atom stereocenters. The third-order valence-corrected chi connectivity index (χ3v) is 4.55. The van der Waals surface area contributed by atoms with E-state index in [0.29, 0.717) is 16.5 Å². The van der Waals surface area contributed by atoms with Gasteiger partial charge in [0.15, 0.2) is 5.75 Å². The summed E-state index contributed by atoms with van der Waals surface area (Å²) in [5.74, 6) is -0.889. The monoisotopic (exact) mass is 415 g/mol. The number of rotatable bonds is 5. The largest absolute Gasteiger partial charge is 0.505 e. The van der Waals surface area contributed by atoms with Gasteiger partial charge in [-0.15, -0.1) is 10.2 Å². The van der Waals surface area contributed by atoms with Crippen LogP contribution in [0.4, 0.5) is 17.2 Å². The first kappa shape index (κ1) is 19.8. The molecular formula is C22H17N5O4. The number of amides is 2. The van der Waals surface area contributed by atoms with Crippen molar-refractivity contribution in [3.63, 3.8) is 0 Å². The number of phenols is 1. The van der Waals surface area contributed by atoms with Gasteiger partial charge in [-0.25, -0.2) is 0 Å². The quantitative estimate of drug-likeness (QED) is 0.408. The van der Waals surface area contributed by atoms with Crippen LogP contribution in [0.1, 0.15) is 26.5 Å². The Balaban J connectivity index is 1.79. The molecule has 4 aromatic rings. The lowest BCUT2D eigenvalue weighted by Crippen LogP contribution is -2.18. The summed E-state index contributed by atoms with van der Waals surface area (Å²) in [7, 11) is 0. The third-order valence-electron chi connectivity index (χ3n) is 4.55. The highest BCUT2D eigenvalue weighted by Crippen LogP contribution is 2.38. The number of nitrogens with two attached hydrogens (primary N) is 1. The molecule has 2 amide bonds. The average molecular weight is 415 g/mol. The number of nitrogens with one attached hydrogen (secondary N) is 1. The first-order valence-electron chi connectivity index (χ1n) is 9.24. The van der Waals surface area contributed by atoms with Crippen LogP contribution < -0.4 is 11.1 Å². The topological polar surface area (TPSA) is 143 Å². The fraction of sp³-hybridized carbons (Fsp3) is 0.0455. The van der Waals surface area contributed by atoms with Gasteiger partial charge in [0, 0.05) is 6.07 Å². The number of para-hydroxylation sites is 1. The lowest BCUT2D eigenvalue weighted by molar-refractivity contribution is 0.100. The number of fused-ring (bicyclic) bond motifs is 1. The number of hydrogen-bond acceptors (Lipinski definition) is 7. The van der Waals surface area contributed by atoms with Gasteiger partial charge in [-0.1, -0.05) is 41.6 Å². The molecule has 0 spiro atoms. The van der Waals surface area contributed by atoms with E-state index in [2.05, 4.69) is 20.7 Å². The van der Waals surface area contributed by atoms with Crippen molar-refractivity contribution in [2.24, 2.45) is 16.0 Å². The Morgan fingerprint density at radius 1 is 1.06 bits per heavy atom. The van der Waals surface area contributed by atoms with Crippen molar-refractivity contribution in [3.8, 4) is 5.75 Å². The second-order valence-electron chi connectivity index (χ2n) is 6.70. The van der Waals surface area contributed by atoms with Crippen molar-refractivity contribution in [2.45, 2.75) is 6.92 Å². The number of aryl methyl sites for hydroxylation is 1. The normalized spacial score (nSPS) is 11.1. The van der Waals surface area contributed by atoms with Gasteiger partial charge in [0.1, 0.15) is 11.4 Å². The molecule has 4 rings (SSSR count). The number of benzene rings is 3. The van der Waals surface area contributed by atoms with Gasteiger partial charge in [0.05, 0.1) is 16.8 Å². The SMILES string of the molecule is Cc1cc(/N=N/c2cc3ccccc3c(C(=O)Nc3ccccc3C(N)=O)c2O)no1. The van der Waals surface area contributed by atoms with E-state index in [1.165, 1.54) is 6.07 Å². The molecule has 1 aromatic heterocycles. The van der Waals surface area contributed by atoms with Gasteiger partial charge >= 0.3 is 0 Å². The highest BCUT2D eigenvalue weighted by Gasteiger charge is 2.21. The van der Waals surface area contributed by atoms with Gasteiger partial charge < -0.3 is 20.7 Å². The molecule has 9 nitrogen and oxygen atoms in total.